The Labute approximate surface area is 148 Å². The van der Waals surface area contributed by atoms with E-state index in [0.717, 1.165) is 34.4 Å². The first-order chi connectivity index (χ1) is 11.8. The van der Waals surface area contributed by atoms with Crippen LogP contribution in [0, 0.1) is 0 Å². The van der Waals surface area contributed by atoms with Gasteiger partial charge in [-0.3, -0.25) is 4.79 Å². The monoisotopic (exact) mass is 358 g/mol. The highest BCUT2D eigenvalue weighted by molar-refractivity contribution is 7.99. The first-order valence-corrected chi connectivity index (χ1v) is 9.92. The Hall–Kier alpha value is -1.63. The van der Waals surface area contributed by atoms with E-state index in [1.807, 2.05) is 13.0 Å². The summed E-state index contributed by atoms with van der Waals surface area (Å²) in [5, 5.41) is 1.43. The summed E-state index contributed by atoms with van der Waals surface area (Å²) in [4.78, 5) is 22.4. The van der Waals surface area contributed by atoms with Crippen LogP contribution in [0.15, 0.2) is 34.2 Å². The third-order valence-electron chi connectivity index (χ3n) is 4.19. The molecule has 1 N–H and O–H groups in total. The Kier molecular flexibility index (Phi) is 4.43. The minimum absolute atomic E-state index is 0.0342. The molecule has 0 bridgehead atoms. The van der Waals surface area contributed by atoms with E-state index in [1.165, 1.54) is 27.8 Å². The van der Waals surface area contributed by atoms with Gasteiger partial charge in [0, 0.05) is 22.8 Å². The Balaban J connectivity index is 1.76. The molecule has 0 unspecified atom stereocenters. The number of hydrogen-bond donors (Lipinski definition) is 1. The van der Waals surface area contributed by atoms with E-state index in [-0.39, 0.29) is 5.56 Å². The van der Waals surface area contributed by atoms with Crippen LogP contribution in [0.3, 0.4) is 0 Å². The molecule has 0 atom stereocenters. The number of nitrogens with one attached hydrogen (secondary N) is 1. The molecule has 1 aliphatic carbocycles. The van der Waals surface area contributed by atoms with Crippen LogP contribution < -0.4 is 5.56 Å². The summed E-state index contributed by atoms with van der Waals surface area (Å²) in [7, 11) is 0. The topological polar surface area (TPSA) is 55.0 Å². The van der Waals surface area contributed by atoms with Crippen LogP contribution in [0.25, 0.3) is 21.3 Å². The van der Waals surface area contributed by atoms with Crippen LogP contribution in [0.4, 0.5) is 0 Å². The van der Waals surface area contributed by atoms with Gasteiger partial charge in [-0.2, -0.15) is 0 Å². The van der Waals surface area contributed by atoms with Gasteiger partial charge in [0.1, 0.15) is 4.83 Å². The molecule has 0 aliphatic heterocycles. The highest BCUT2D eigenvalue weighted by atomic mass is 32.2. The zero-order valence-corrected chi connectivity index (χ0v) is 15.1. The van der Waals surface area contributed by atoms with Crippen LogP contribution in [0.2, 0.25) is 0 Å². The molecule has 0 fully saturated rings. The number of aryl methyl sites for hydroxylation is 2. The summed E-state index contributed by atoms with van der Waals surface area (Å²) in [5.74, 6) is 0.788. The van der Waals surface area contributed by atoms with Crippen molar-refractivity contribution in [3.8, 4) is 11.1 Å². The first-order valence-electron chi connectivity index (χ1n) is 8.12. The van der Waals surface area contributed by atoms with Gasteiger partial charge >= 0.3 is 0 Å². The van der Waals surface area contributed by atoms with Crippen LogP contribution in [0.1, 0.15) is 17.4 Å². The van der Waals surface area contributed by atoms with Crippen molar-refractivity contribution in [1.82, 2.24) is 9.97 Å². The predicted molar refractivity (Wildman–Crippen MR) is 100 cm³/mol. The zero-order chi connectivity index (χ0) is 16.5. The molecule has 4 nitrogen and oxygen atoms in total. The lowest BCUT2D eigenvalue weighted by Crippen LogP contribution is -2.10. The lowest BCUT2D eigenvalue weighted by molar-refractivity contribution is 0.164. The highest BCUT2D eigenvalue weighted by Gasteiger charge is 2.23. The molecular formula is C18H18N2O2S2. The molecule has 3 aromatic rings. The lowest BCUT2D eigenvalue weighted by Gasteiger charge is -2.15. The maximum Gasteiger partial charge on any atom is 0.260 e. The van der Waals surface area contributed by atoms with Gasteiger partial charge in [-0.05, 0) is 30.9 Å². The summed E-state index contributed by atoms with van der Waals surface area (Å²) in [6.07, 6.45) is 2.02. The van der Waals surface area contributed by atoms with Crippen molar-refractivity contribution in [2.24, 2.45) is 0 Å². The second kappa shape index (κ2) is 6.70. The zero-order valence-electron chi connectivity index (χ0n) is 13.4. The maximum atomic E-state index is 12.7. The third kappa shape index (κ3) is 2.79. The van der Waals surface area contributed by atoms with Gasteiger partial charge in [-0.25, -0.2) is 4.98 Å². The average molecular weight is 358 g/mol. The van der Waals surface area contributed by atoms with Gasteiger partial charge < -0.3 is 9.72 Å². The fraction of sp³-hybridized carbons (Fsp3) is 0.333. The Morgan fingerprint density at radius 2 is 2.21 bits per heavy atom. The van der Waals surface area contributed by atoms with Crippen molar-refractivity contribution in [2.75, 3.05) is 19.0 Å². The largest absolute Gasteiger partial charge is 0.381 e. The highest BCUT2D eigenvalue weighted by Crippen LogP contribution is 2.42. The van der Waals surface area contributed by atoms with E-state index in [0.29, 0.717) is 18.4 Å². The van der Waals surface area contributed by atoms with Crippen molar-refractivity contribution < 1.29 is 4.74 Å². The summed E-state index contributed by atoms with van der Waals surface area (Å²) in [6, 6.07) is 8.37. The molecular weight excluding hydrogens is 340 g/mol. The molecule has 0 saturated carbocycles. The van der Waals surface area contributed by atoms with Crippen LogP contribution in [-0.4, -0.2) is 28.9 Å². The maximum absolute atomic E-state index is 12.7. The normalized spacial score (nSPS) is 13.0. The minimum atomic E-state index is -0.0342. The number of nitrogens with zero attached hydrogens (tertiary/aromatic N) is 1. The summed E-state index contributed by atoms with van der Waals surface area (Å²) < 4.78 is 5.34. The standard InChI is InChI=1S/C18H18N2O2S2/c1-2-22-9-10-23-18-19-16(21)15-14-12-6-4-3-5-11(12)7-8-13(14)24-17(15)20-18/h3-6H,2,7-10H2,1H3,(H,19,20,21). The SMILES string of the molecule is CCOCCSc1nc2sc3c(c2c(=O)[nH]1)-c1ccccc1CC3. The number of thioether (sulfide) groups is 1. The van der Waals surface area contributed by atoms with Gasteiger partial charge in [-0.1, -0.05) is 36.0 Å². The number of fused-ring (bicyclic) bond motifs is 5. The molecule has 1 aromatic carbocycles. The van der Waals surface area contributed by atoms with E-state index in [9.17, 15) is 4.79 Å². The number of thiophene rings is 1. The predicted octanol–water partition coefficient (Wildman–Crippen LogP) is 3.88. The summed E-state index contributed by atoms with van der Waals surface area (Å²) in [5.41, 5.74) is 3.57. The van der Waals surface area contributed by atoms with Gasteiger partial charge in [0.05, 0.1) is 12.0 Å². The van der Waals surface area contributed by atoms with Crippen LogP contribution >= 0.6 is 23.1 Å². The molecule has 0 spiro atoms. The smallest absolute Gasteiger partial charge is 0.260 e. The molecule has 0 radical (unpaired) electrons. The molecule has 4 rings (SSSR count). The van der Waals surface area contributed by atoms with Crippen molar-refractivity contribution in [3.63, 3.8) is 0 Å². The second-order valence-corrected chi connectivity index (χ2v) is 7.82. The van der Waals surface area contributed by atoms with E-state index in [4.69, 9.17) is 4.74 Å². The van der Waals surface area contributed by atoms with Crippen LogP contribution in [-0.2, 0) is 17.6 Å². The summed E-state index contributed by atoms with van der Waals surface area (Å²) >= 11 is 3.20. The molecule has 24 heavy (non-hydrogen) atoms. The molecule has 2 aromatic heterocycles. The van der Waals surface area contributed by atoms with Crippen molar-refractivity contribution in [2.45, 2.75) is 24.9 Å². The van der Waals surface area contributed by atoms with Gasteiger partial charge in [0.15, 0.2) is 5.16 Å². The number of H-pyrrole nitrogens is 1. The minimum Gasteiger partial charge on any atom is -0.381 e. The molecule has 0 saturated heterocycles. The average Bonchev–Trinajstić information content (AvgIpc) is 2.98. The molecule has 6 heteroatoms. The Morgan fingerprint density at radius 3 is 3.08 bits per heavy atom. The van der Waals surface area contributed by atoms with Gasteiger partial charge in [0.25, 0.3) is 5.56 Å². The number of rotatable bonds is 5. The molecule has 0 amide bonds. The molecule has 1 aliphatic rings. The van der Waals surface area contributed by atoms with E-state index >= 15 is 0 Å². The Morgan fingerprint density at radius 1 is 1.33 bits per heavy atom. The summed E-state index contributed by atoms with van der Waals surface area (Å²) in [6.45, 7) is 3.35. The quantitative estimate of drug-likeness (QED) is 0.427. The third-order valence-corrected chi connectivity index (χ3v) is 6.17. The number of benzene rings is 1. The van der Waals surface area contributed by atoms with E-state index in [2.05, 4.69) is 28.2 Å². The number of aromatic amines is 1. The fourth-order valence-electron chi connectivity index (χ4n) is 3.14. The van der Waals surface area contributed by atoms with E-state index < -0.39 is 0 Å². The van der Waals surface area contributed by atoms with Crippen LogP contribution in [0.5, 0.6) is 0 Å². The number of aromatic nitrogens is 2. The Bertz CT molecular complexity index is 946. The number of ether oxygens (including phenoxy) is 1. The van der Waals surface area contributed by atoms with E-state index in [1.54, 1.807) is 11.3 Å². The van der Waals surface area contributed by atoms with Gasteiger partial charge in [-0.15, -0.1) is 11.3 Å². The molecule has 2 heterocycles. The number of hydrogen-bond acceptors (Lipinski definition) is 5. The van der Waals surface area contributed by atoms with Crippen molar-refractivity contribution in [3.05, 3.63) is 45.1 Å². The van der Waals surface area contributed by atoms with Crippen molar-refractivity contribution >= 4 is 33.3 Å². The fourth-order valence-corrected chi connectivity index (χ4v) is 5.09. The van der Waals surface area contributed by atoms with Crippen molar-refractivity contribution in [1.29, 1.82) is 0 Å². The lowest BCUT2D eigenvalue weighted by atomic mass is 9.89. The van der Waals surface area contributed by atoms with Gasteiger partial charge in [0.2, 0.25) is 0 Å². The second-order valence-electron chi connectivity index (χ2n) is 5.65. The first kappa shape index (κ1) is 15.9. The molecule has 124 valence electrons.